The predicted octanol–water partition coefficient (Wildman–Crippen LogP) is 3.13. The average molecular weight is 245 g/mol. The molecular formula is C13H15N3S. The van der Waals surface area contributed by atoms with Crippen molar-refractivity contribution in [3.05, 3.63) is 28.0 Å². The molecule has 2 aromatic rings. The lowest BCUT2D eigenvalue weighted by Crippen LogP contribution is -2.08. The smallest absolute Gasteiger partial charge is 0.148 e. The number of hydrogen-bond donors (Lipinski definition) is 1. The third-order valence-electron chi connectivity index (χ3n) is 3.05. The standard InChI is InChI=1S/C13H15N3S/c1-2-6-14-12-8-9-3-4-11-10(5-7-17-11)13(9)16-15-12/h5,7-8H,2-4,6H2,1H3,(H,14,15). The molecule has 0 fully saturated rings. The van der Waals surface area contributed by atoms with Crippen LogP contribution in [0.15, 0.2) is 17.5 Å². The first-order chi connectivity index (χ1) is 8.38. The van der Waals surface area contributed by atoms with E-state index in [1.54, 1.807) is 0 Å². The zero-order chi connectivity index (χ0) is 11.7. The van der Waals surface area contributed by atoms with E-state index < -0.39 is 0 Å². The van der Waals surface area contributed by atoms with E-state index in [9.17, 15) is 0 Å². The van der Waals surface area contributed by atoms with Crippen LogP contribution in [-0.2, 0) is 12.8 Å². The second-order valence-corrected chi connectivity index (χ2v) is 5.29. The molecule has 1 aliphatic carbocycles. The van der Waals surface area contributed by atoms with Crippen molar-refractivity contribution in [2.75, 3.05) is 11.9 Å². The summed E-state index contributed by atoms with van der Waals surface area (Å²) in [5, 5.41) is 14.1. The number of nitrogens with zero attached hydrogens (tertiary/aromatic N) is 2. The van der Waals surface area contributed by atoms with Gasteiger partial charge in [0.05, 0.1) is 5.69 Å². The van der Waals surface area contributed by atoms with E-state index in [4.69, 9.17) is 0 Å². The Morgan fingerprint density at radius 2 is 2.29 bits per heavy atom. The minimum atomic E-state index is 0.907. The number of aromatic nitrogens is 2. The van der Waals surface area contributed by atoms with Gasteiger partial charge in [-0.2, -0.15) is 0 Å². The zero-order valence-corrected chi connectivity index (χ0v) is 10.7. The lowest BCUT2D eigenvalue weighted by atomic mass is 9.96. The molecular weight excluding hydrogens is 230 g/mol. The van der Waals surface area contributed by atoms with Crippen molar-refractivity contribution >= 4 is 17.2 Å². The zero-order valence-electron chi connectivity index (χ0n) is 9.86. The van der Waals surface area contributed by atoms with Crippen LogP contribution in [0.3, 0.4) is 0 Å². The SMILES string of the molecule is CCCNc1cc2c(nn1)-c1ccsc1CC2. The van der Waals surface area contributed by atoms with Crippen LogP contribution in [0.5, 0.6) is 0 Å². The number of hydrogen-bond acceptors (Lipinski definition) is 4. The number of thiophene rings is 1. The van der Waals surface area contributed by atoms with Gasteiger partial charge in [0, 0.05) is 17.0 Å². The van der Waals surface area contributed by atoms with Crippen LogP contribution in [0, 0.1) is 0 Å². The van der Waals surface area contributed by atoms with Gasteiger partial charge in [0.2, 0.25) is 0 Å². The van der Waals surface area contributed by atoms with Gasteiger partial charge in [-0.25, -0.2) is 0 Å². The molecule has 0 aliphatic heterocycles. The van der Waals surface area contributed by atoms with Crippen molar-refractivity contribution in [3.8, 4) is 11.3 Å². The topological polar surface area (TPSA) is 37.8 Å². The minimum Gasteiger partial charge on any atom is -0.369 e. The lowest BCUT2D eigenvalue weighted by molar-refractivity contribution is 0.897. The van der Waals surface area contributed by atoms with E-state index in [-0.39, 0.29) is 0 Å². The molecule has 3 nitrogen and oxygen atoms in total. The molecule has 2 aromatic heterocycles. The van der Waals surface area contributed by atoms with Crippen LogP contribution >= 0.6 is 11.3 Å². The van der Waals surface area contributed by atoms with Gasteiger partial charge in [0.25, 0.3) is 0 Å². The molecule has 0 bridgehead atoms. The maximum Gasteiger partial charge on any atom is 0.148 e. The van der Waals surface area contributed by atoms with Gasteiger partial charge < -0.3 is 5.32 Å². The normalized spacial score (nSPS) is 13.0. The number of fused-ring (bicyclic) bond motifs is 3. The summed E-state index contributed by atoms with van der Waals surface area (Å²) >= 11 is 1.82. The molecule has 0 radical (unpaired) electrons. The number of aryl methyl sites for hydroxylation is 2. The molecule has 1 aliphatic rings. The summed E-state index contributed by atoms with van der Waals surface area (Å²) in [5.74, 6) is 0.907. The molecule has 0 unspecified atom stereocenters. The Morgan fingerprint density at radius 3 is 3.18 bits per heavy atom. The fraction of sp³-hybridized carbons (Fsp3) is 0.385. The van der Waals surface area contributed by atoms with Crippen molar-refractivity contribution in [3.63, 3.8) is 0 Å². The van der Waals surface area contributed by atoms with E-state index >= 15 is 0 Å². The Kier molecular flexibility index (Phi) is 2.81. The number of nitrogens with one attached hydrogen (secondary N) is 1. The molecule has 2 heterocycles. The van der Waals surface area contributed by atoms with Crippen LogP contribution in [0.4, 0.5) is 5.82 Å². The van der Waals surface area contributed by atoms with Gasteiger partial charge in [-0.1, -0.05) is 6.92 Å². The Morgan fingerprint density at radius 1 is 1.35 bits per heavy atom. The van der Waals surface area contributed by atoms with E-state index in [2.05, 4.69) is 40.0 Å². The second-order valence-electron chi connectivity index (χ2n) is 4.29. The molecule has 0 aromatic carbocycles. The Hall–Kier alpha value is -1.42. The quantitative estimate of drug-likeness (QED) is 0.902. The van der Waals surface area contributed by atoms with Crippen LogP contribution in [-0.4, -0.2) is 16.7 Å². The molecule has 4 heteroatoms. The molecule has 88 valence electrons. The van der Waals surface area contributed by atoms with Crippen LogP contribution in [0.1, 0.15) is 23.8 Å². The highest BCUT2D eigenvalue weighted by Gasteiger charge is 2.19. The molecule has 0 amide bonds. The molecule has 17 heavy (non-hydrogen) atoms. The van der Waals surface area contributed by atoms with E-state index in [1.165, 1.54) is 16.0 Å². The summed E-state index contributed by atoms with van der Waals surface area (Å²) < 4.78 is 0. The molecule has 0 spiro atoms. The number of rotatable bonds is 3. The lowest BCUT2D eigenvalue weighted by Gasteiger charge is -2.15. The van der Waals surface area contributed by atoms with Gasteiger partial charge >= 0.3 is 0 Å². The minimum absolute atomic E-state index is 0.907. The first-order valence-corrected chi connectivity index (χ1v) is 6.93. The maximum absolute atomic E-state index is 4.38. The third kappa shape index (κ3) is 1.93. The Labute approximate surface area is 105 Å². The van der Waals surface area contributed by atoms with Crippen molar-refractivity contribution in [1.29, 1.82) is 0 Å². The highest BCUT2D eigenvalue weighted by atomic mass is 32.1. The summed E-state index contributed by atoms with van der Waals surface area (Å²) in [5.41, 5.74) is 3.69. The highest BCUT2D eigenvalue weighted by molar-refractivity contribution is 7.10. The molecule has 0 saturated carbocycles. The highest BCUT2D eigenvalue weighted by Crippen LogP contribution is 2.35. The molecule has 3 rings (SSSR count). The van der Waals surface area contributed by atoms with Gasteiger partial charge in [-0.3, -0.25) is 0 Å². The van der Waals surface area contributed by atoms with Crippen LogP contribution < -0.4 is 5.32 Å². The van der Waals surface area contributed by atoms with Gasteiger partial charge in [0.15, 0.2) is 0 Å². The van der Waals surface area contributed by atoms with Crippen molar-refractivity contribution in [2.24, 2.45) is 0 Å². The predicted molar refractivity (Wildman–Crippen MR) is 71.5 cm³/mol. The third-order valence-corrected chi connectivity index (χ3v) is 4.03. The van der Waals surface area contributed by atoms with E-state index in [0.29, 0.717) is 0 Å². The average Bonchev–Trinajstić information content (AvgIpc) is 2.84. The second kappa shape index (κ2) is 4.45. The van der Waals surface area contributed by atoms with E-state index in [0.717, 1.165) is 37.3 Å². The van der Waals surface area contributed by atoms with Gasteiger partial charge in [0.1, 0.15) is 5.82 Å². The van der Waals surface area contributed by atoms with Crippen molar-refractivity contribution < 1.29 is 0 Å². The van der Waals surface area contributed by atoms with Gasteiger partial charge in [-0.15, -0.1) is 21.5 Å². The fourth-order valence-electron chi connectivity index (χ4n) is 2.18. The Balaban J connectivity index is 1.96. The van der Waals surface area contributed by atoms with E-state index in [1.807, 2.05) is 11.3 Å². The van der Waals surface area contributed by atoms with Crippen LogP contribution in [0.25, 0.3) is 11.3 Å². The Bertz CT molecular complexity index is 533. The summed E-state index contributed by atoms with van der Waals surface area (Å²) in [6.07, 6.45) is 3.32. The fourth-order valence-corrected chi connectivity index (χ4v) is 3.06. The molecule has 0 atom stereocenters. The largest absolute Gasteiger partial charge is 0.369 e. The van der Waals surface area contributed by atoms with Crippen molar-refractivity contribution in [1.82, 2.24) is 10.2 Å². The number of anilines is 1. The summed E-state index contributed by atoms with van der Waals surface area (Å²) in [6.45, 7) is 3.10. The summed E-state index contributed by atoms with van der Waals surface area (Å²) in [4.78, 5) is 1.45. The molecule has 0 saturated heterocycles. The summed E-state index contributed by atoms with van der Waals surface area (Å²) in [7, 11) is 0. The monoisotopic (exact) mass is 245 g/mol. The van der Waals surface area contributed by atoms with Gasteiger partial charge in [-0.05, 0) is 42.3 Å². The first-order valence-electron chi connectivity index (χ1n) is 6.05. The maximum atomic E-state index is 4.38. The van der Waals surface area contributed by atoms with Crippen LogP contribution in [0.2, 0.25) is 0 Å². The molecule has 1 N–H and O–H groups in total. The first kappa shape index (κ1) is 10.7. The summed E-state index contributed by atoms with van der Waals surface area (Å²) in [6, 6.07) is 4.31. The van der Waals surface area contributed by atoms with Crippen molar-refractivity contribution in [2.45, 2.75) is 26.2 Å².